The number of nitrogens with zero attached hydrogens (tertiary/aromatic N) is 1. The molecule has 0 spiro atoms. The number of ether oxygens (including phenoxy) is 1. The molecular weight excluding hydrogens is 288 g/mol. The third-order valence-corrected chi connectivity index (χ3v) is 3.32. The van der Waals surface area contributed by atoms with Gasteiger partial charge in [-0.15, -0.1) is 0 Å². The molecule has 2 aromatic carbocycles. The van der Waals surface area contributed by atoms with Crippen LogP contribution in [-0.4, -0.2) is 18.2 Å². The maximum Gasteiger partial charge on any atom is 0.271 e. The number of amides is 1. The molecule has 0 aliphatic carbocycles. The minimum absolute atomic E-state index is 0.207. The summed E-state index contributed by atoms with van der Waals surface area (Å²) in [6.45, 7) is 6.63. The van der Waals surface area contributed by atoms with Gasteiger partial charge in [-0.05, 0) is 42.7 Å². The first kappa shape index (κ1) is 16.7. The highest BCUT2D eigenvalue weighted by Crippen LogP contribution is 2.12. The lowest BCUT2D eigenvalue weighted by Crippen LogP contribution is -2.22. The third kappa shape index (κ3) is 4.68. The molecule has 1 amide bonds. The Morgan fingerprint density at radius 2 is 1.70 bits per heavy atom. The molecule has 0 heterocycles. The topological polar surface area (TPSA) is 50.7 Å². The number of hydrogen-bond donors (Lipinski definition) is 1. The van der Waals surface area contributed by atoms with E-state index < -0.39 is 0 Å². The molecule has 0 aliphatic rings. The summed E-state index contributed by atoms with van der Waals surface area (Å²) in [5.74, 6) is 0.722. The zero-order valence-corrected chi connectivity index (χ0v) is 13.7. The number of nitrogens with one attached hydrogen (secondary N) is 1. The van der Waals surface area contributed by atoms with Crippen molar-refractivity contribution in [2.45, 2.75) is 20.8 Å². The molecule has 0 aromatic heterocycles. The van der Waals surface area contributed by atoms with E-state index in [1.807, 2.05) is 37.3 Å². The molecule has 2 aromatic rings. The quantitative estimate of drug-likeness (QED) is 0.650. The first-order valence-electron chi connectivity index (χ1n) is 7.78. The molecule has 0 saturated heterocycles. The van der Waals surface area contributed by atoms with Crippen molar-refractivity contribution in [1.29, 1.82) is 0 Å². The zero-order chi connectivity index (χ0) is 16.7. The average molecular weight is 310 g/mol. The van der Waals surface area contributed by atoms with Gasteiger partial charge in [0, 0.05) is 5.56 Å². The number of benzene rings is 2. The molecule has 23 heavy (non-hydrogen) atoms. The van der Waals surface area contributed by atoms with Crippen LogP contribution < -0.4 is 10.2 Å². The van der Waals surface area contributed by atoms with Gasteiger partial charge in [0.2, 0.25) is 0 Å². The van der Waals surface area contributed by atoms with Crippen LogP contribution in [0.1, 0.15) is 36.7 Å². The molecule has 0 radical (unpaired) electrons. The van der Waals surface area contributed by atoms with Crippen molar-refractivity contribution in [1.82, 2.24) is 5.43 Å². The Kier molecular flexibility index (Phi) is 5.92. The molecule has 0 saturated carbocycles. The van der Waals surface area contributed by atoms with E-state index in [1.165, 1.54) is 0 Å². The van der Waals surface area contributed by atoms with Crippen molar-refractivity contribution in [3.8, 4) is 5.75 Å². The summed E-state index contributed by atoms with van der Waals surface area (Å²) in [4.78, 5) is 12.2. The van der Waals surface area contributed by atoms with Crippen LogP contribution in [0.15, 0.2) is 59.7 Å². The smallest absolute Gasteiger partial charge is 0.271 e. The predicted octanol–water partition coefficient (Wildman–Crippen LogP) is 3.88. The molecule has 0 unspecified atom stereocenters. The highest BCUT2D eigenvalue weighted by Gasteiger charge is 2.10. The van der Waals surface area contributed by atoms with Gasteiger partial charge in [-0.2, -0.15) is 5.10 Å². The first-order valence-corrected chi connectivity index (χ1v) is 7.78. The van der Waals surface area contributed by atoms with Crippen molar-refractivity contribution in [2.24, 2.45) is 11.0 Å². The van der Waals surface area contributed by atoms with Gasteiger partial charge in [0.1, 0.15) is 5.75 Å². The van der Waals surface area contributed by atoms with E-state index in [2.05, 4.69) is 24.4 Å². The maximum atomic E-state index is 12.2. The van der Waals surface area contributed by atoms with Crippen LogP contribution in [0.25, 0.3) is 0 Å². The van der Waals surface area contributed by atoms with Crippen LogP contribution in [0.4, 0.5) is 0 Å². The Morgan fingerprint density at radius 1 is 1.04 bits per heavy atom. The average Bonchev–Trinajstić information content (AvgIpc) is 2.56. The molecule has 120 valence electrons. The zero-order valence-electron chi connectivity index (χ0n) is 13.7. The maximum absolute atomic E-state index is 12.2. The van der Waals surface area contributed by atoms with Gasteiger partial charge in [0.15, 0.2) is 0 Å². The highest BCUT2D eigenvalue weighted by molar-refractivity contribution is 6.03. The summed E-state index contributed by atoms with van der Waals surface area (Å²) in [6.07, 6.45) is 0. The van der Waals surface area contributed by atoms with E-state index in [0.717, 1.165) is 17.0 Å². The lowest BCUT2D eigenvalue weighted by atomic mass is 10.0. The van der Waals surface area contributed by atoms with Crippen LogP contribution in [0.2, 0.25) is 0 Å². The van der Waals surface area contributed by atoms with Crippen molar-refractivity contribution < 1.29 is 9.53 Å². The largest absolute Gasteiger partial charge is 0.494 e. The predicted molar refractivity (Wildman–Crippen MR) is 92.9 cm³/mol. The summed E-state index contributed by atoms with van der Waals surface area (Å²) in [6, 6.07) is 16.9. The molecule has 4 nitrogen and oxygen atoms in total. The van der Waals surface area contributed by atoms with Gasteiger partial charge in [0.25, 0.3) is 5.91 Å². The number of hydrazone groups is 1. The van der Waals surface area contributed by atoms with E-state index in [4.69, 9.17) is 4.74 Å². The van der Waals surface area contributed by atoms with Gasteiger partial charge in [-0.1, -0.05) is 44.2 Å². The van der Waals surface area contributed by atoms with Crippen LogP contribution in [0, 0.1) is 5.92 Å². The molecule has 0 aliphatic heterocycles. The Morgan fingerprint density at radius 3 is 2.26 bits per heavy atom. The molecule has 0 atom stereocenters. The second-order valence-electron chi connectivity index (χ2n) is 5.42. The molecule has 2 rings (SSSR count). The Hall–Kier alpha value is -2.62. The van der Waals surface area contributed by atoms with E-state index in [9.17, 15) is 4.79 Å². The van der Waals surface area contributed by atoms with Crippen molar-refractivity contribution >= 4 is 11.6 Å². The molecule has 0 bridgehead atoms. The second kappa shape index (κ2) is 8.13. The minimum Gasteiger partial charge on any atom is -0.494 e. The summed E-state index contributed by atoms with van der Waals surface area (Å²) in [5, 5.41) is 4.31. The number of rotatable bonds is 6. The van der Waals surface area contributed by atoms with E-state index in [0.29, 0.717) is 12.2 Å². The van der Waals surface area contributed by atoms with Gasteiger partial charge < -0.3 is 4.74 Å². The van der Waals surface area contributed by atoms with Gasteiger partial charge in [0.05, 0.1) is 12.3 Å². The fourth-order valence-electron chi connectivity index (χ4n) is 2.18. The van der Waals surface area contributed by atoms with Crippen molar-refractivity contribution in [3.05, 3.63) is 65.7 Å². The van der Waals surface area contributed by atoms with E-state index >= 15 is 0 Å². The Balaban J connectivity index is 2.11. The standard InChI is InChI=1S/C19H22N2O2/c1-4-23-17-12-10-16(11-13-17)19(22)21-20-18(14(2)3)15-8-6-5-7-9-15/h5-14H,4H2,1-3H3,(H,21,22)/b20-18+. The Bertz CT molecular complexity index is 662. The monoisotopic (exact) mass is 310 g/mol. The Labute approximate surface area is 137 Å². The van der Waals surface area contributed by atoms with Gasteiger partial charge in [-0.25, -0.2) is 5.43 Å². The summed E-state index contributed by atoms with van der Waals surface area (Å²) >= 11 is 0. The van der Waals surface area contributed by atoms with Crippen LogP contribution in [0.3, 0.4) is 0 Å². The lowest BCUT2D eigenvalue weighted by Gasteiger charge is -2.11. The second-order valence-corrected chi connectivity index (χ2v) is 5.42. The van der Waals surface area contributed by atoms with Crippen LogP contribution >= 0.6 is 0 Å². The van der Waals surface area contributed by atoms with E-state index in [-0.39, 0.29) is 11.8 Å². The SMILES string of the molecule is CCOc1ccc(C(=O)N/N=C(/c2ccccc2)C(C)C)cc1. The van der Waals surface area contributed by atoms with Crippen LogP contribution in [0.5, 0.6) is 5.75 Å². The molecule has 1 N–H and O–H groups in total. The summed E-state index contributed by atoms with van der Waals surface area (Å²) in [7, 11) is 0. The number of hydrogen-bond acceptors (Lipinski definition) is 3. The van der Waals surface area contributed by atoms with Crippen molar-refractivity contribution in [2.75, 3.05) is 6.61 Å². The molecule has 0 fully saturated rings. The first-order chi connectivity index (χ1) is 11.1. The van der Waals surface area contributed by atoms with Crippen molar-refractivity contribution in [3.63, 3.8) is 0 Å². The van der Waals surface area contributed by atoms with Crippen LogP contribution in [-0.2, 0) is 0 Å². The third-order valence-electron chi connectivity index (χ3n) is 3.32. The number of carbonyl (C=O) groups excluding carboxylic acids is 1. The van der Waals surface area contributed by atoms with Gasteiger partial charge in [-0.3, -0.25) is 4.79 Å². The lowest BCUT2D eigenvalue weighted by molar-refractivity contribution is 0.0954. The minimum atomic E-state index is -0.234. The normalized spacial score (nSPS) is 11.4. The van der Waals surface area contributed by atoms with Gasteiger partial charge >= 0.3 is 0 Å². The number of carbonyl (C=O) groups is 1. The van der Waals surface area contributed by atoms with E-state index in [1.54, 1.807) is 24.3 Å². The molecule has 4 heteroatoms. The fourth-order valence-corrected chi connectivity index (χ4v) is 2.18. The molecular formula is C19H22N2O2. The fraction of sp³-hybridized carbons (Fsp3) is 0.263. The summed E-state index contributed by atoms with van der Waals surface area (Å²) in [5.41, 5.74) is 5.05. The summed E-state index contributed by atoms with van der Waals surface area (Å²) < 4.78 is 5.37. The highest BCUT2D eigenvalue weighted by atomic mass is 16.5.